The van der Waals surface area contributed by atoms with Crippen LogP contribution >= 0.6 is 0 Å². The van der Waals surface area contributed by atoms with E-state index in [9.17, 15) is 22.9 Å². The maximum Gasteiger partial charge on any atom is 1.00 e. The molecule has 4 N–H and O–H groups in total. The number of urea groups is 1. The molecule has 0 aromatic carbocycles. The van der Waals surface area contributed by atoms with Crippen molar-refractivity contribution in [2.45, 2.75) is 37.8 Å². The second-order valence-electron chi connectivity index (χ2n) is 5.16. The van der Waals surface area contributed by atoms with Gasteiger partial charge in [0.05, 0.1) is 35.5 Å². The molecule has 2 amide bonds. The van der Waals surface area contributed by atoms with Crippen LogP contribution in [0.1, 0.15) is 19.3 Å². The second-order valence-corrected chi connectivity index (χ2v) is 6.69. The first-order chi connectivity index (χ1) is 10.8. The normalized spacial score (nSPS) is 24.0. The van der Waals surface area contributed by atoms with Gasteiger partial charge in [-0.25, -0.2) is 13.2 Å². The van der Waals surface area contributed by atoms with E-state index in [1.54, 1.807) is 0 Å². The molecule has 10 nitrogen and oxygen atoms in total. The third-order valence-electron chi connectivity index (χ3n) is 3.10. The summed E-state index contributed by atoms with van der Waals surface area (Å²) in [7, 11) is -4.26. The number of hydrogen-bond acceptors (Lipinski definition) is 8. The molecule has 0 bridgehead atoms. The van der Waals surface area contributed by atoms with Crippen molar-refractivity contribution in [2.75, 3.05) is 32.1 Å². The largest absolute Gasteiger partial charge is 1.00 e. The Balaban J connectivity index is 0.00000529. The van der Waals surface area contributed by atoms with E-state index in [0.29, 0.717) is 12.8 Å². The molecule has 0 radical (unpaired) electrons. The van der Waals surface area contributed by atoms with Gasteiger partial charge in [-0.1, -0.05) is 0 Å². The monoisotopic (exact) mass is 378 g/mol. The Labute approximate surface area is 163 Å². The number of hydrogen-bond donors (Lipinski definition) is 4. The SMILES string of the molecule is O=C(NCCCS(=O)(=O)[O-])NCCOC1CC(O)CC(CO)O1.[Na+]. The summed E-state index contributed by atoms with van der Waals surface area (Å²) in [6.45, 7) is 0.213. The fourth-order valence-electron chi connectivity index (χ4n) is 2.04. The Hall–Kier alpha value is 0.0200. The van der Waals surface area contributed by atoms with Gasteiger partial charge in [0.15, 0.2) is 6.29 Å². The molecule has 24 heavy (non-hydrogen) atoms. The number of nitrogens with one attached hydrogen (secondary N) is 2. The molecule has 0 aromatic heterocycles. The van der Waals surface area contributed by atoms with Crippen LogP contribution in [0.3, 0.4) is 0 Å². The Bertz CT molecular complexity index is 464. The standard InChI is InChI=1S/C12H24N2O8S.Na/c15-8-10-6-9(16)7-11(22-10)21-4-3-14-12(17)13-2-1-5-23(18,19)20;/h9-11,15-16H,1-8H2,(H2,13,14,17)(H,18,19,20);/q;+1/p-1. The van der Waals surface area contributed by atoms with Gasteiger partial charge < -0.3 is 34.9 Å². The van der Waals surface area contributed by atoms with Crippen molar-refractivity contribution >= 4 is 16.1 Å². The molecular weight excluding hydrogens is 355 g/mol. The van der Waals surface area contributed by atoms with Gasteiger partial charge in [-0.05, 0) is 6.42 Å². The minimum atomic E-state index is -4.26. The fraction of sp³-hybridized carbons (Fsp3) is 0.917. The third-order valence-corrected chi connectivity index (χ3v) is 3.88. The first-order valence-electron chi connectivity index (χ1n) is 7.31. The van der Waals surface area contributed by atoms with Gasteiger partial charge in [0.1, 0.15) is 0 Å². The quantitative estimate of drug-likeness (QED) is 0.177. The fourth-order valence-corrected chi connectivity index (χ4v) is 2.54. The molecule has 1 aliphatic rings. The van der Waals surface area contributed by atoms with Gasteiger partial charge in [-0.15, -0.1) is 0 Å². The number of carbonyl (C=O) groups is 1. The summed E-state index contributed by atoms with van der Waals surface area (Å²) in [6.07, 6.45) is -0.992. The Morgan fingerprint density at radius 1 is 1.29 bits per heavy atom. The molecule has 1 rings (SSSR count). The van der Waals surface area contributed by atoms with E-state index in [2.05, 4.69) is 10.6 Å². The number of aliphatic hydroxyl groups excluding tert-OH is 2. The molecule has 0 spiro atoms. The Morgan fingerprint density at radius 2 is 1.96 bits per heavy atom. The average Bonchev–Trinajstić information content (AvgIpc) is 2.46. The molecule has 0 aromatic rings. The number of carbonyl (C=O) groups excluding carboxylic acids is 1. The first kappa shape index (κ1) is 24.0. The summed E-state index contributed by atoms with van der Waals surface area (Å²) in [5.41, 5.74) is 0. The van der Waals surface area contributed by atoms with E-state index in [4.69, 9.17) is 14.6 Å². The van der Waals surface area contributed by atoms with Crippen LogP contribution in [0.2, 0.25) is 0 Å². The summed E-state index contributed by atoms with van der Waals surface area (Å²) >= 11 is 0. The predicted octanol–water partition coefficient (Wildman–Crippen LogP) is -4.90. The van der Waals surface area contributed by atoms with Crippen molar-refractivity contribution in [2.24, 2.45) is 0 Å². The van der Waals surface area contributed by atoms with Crippen molar-refractivity contribution < 1.29 is 67.0 Å². The number of amides is 2. The summed E-state index contributed by atoms with van der Waals surface area (Å²) in [4.78, 5) is 11.4. The number of ether oxygens (including phenoxy) is 2. The molecular formula is C12H23N2NaO8S. The minimum absolute atomic E-state index is 0. The minimum Gasteiger partial charge on any atom is -0.748 e. The van der Waals surface area contributed by atoms with E-state index < -0.39 is 40.4 Å². The number of aliphatic hydroxyl groups is 2. The van der Waals surface area contributed by atoms with Gasteiger partial charge in [0, 0.05) is 31.7 Å². The Kier molecular flexibility index (Phi) is 12.4. The van der Waals surface area contributed by atoms with Gasteiger partial charge in [0.25, 0.3) is 0 Å². The summed E-state index contributed by atoms with van der Waals surface area (Å²) in [5.74, 6) is -0.524. The topological polar surface area (TPSA) is 157 Å². The molecule has 3 atom stereocenters. The van der Waals surface area contributed by atoms with Crippen LogP contribution in [-0.2, 0) is 19.6 Å². The first-order valence-corrected chi connectivity index (χ1v) is 8.89. The third kappa shape index (κ3) is 11.6. The van der Waals surface area contributed by atoms with E-state index in [1.165, 1.54) is 0 Å². The van der Waals surface area contributed by atoms with Crippen LogP contribution in [0, 0.1) is 0 Å². The molecule has 12 heteroatoms. The predicted molar refractivity (Wildman–Crippen MR) is 77.5 cm³/mol. The van der Waals surface area contributed by atoms with E-state index in [-0.39, 0.29) is 62.3 Å². The molecule has 1 aliphatic heterocycles. The molecule has 0 aliphatic carbocycles. The van der Waals surface area contributed by atoms with Gasteiger partial charge in [0.2, 0.25) is 0 Å². The van der Waals surface area contributed by atoms with Crippen molar-refractivity contribution in [1.29, 1.82) is 0 Å². The van der Waals surface area contributed by atoms with Crippen molar-refractivity contribution in [3.63, 3.8) is 0 Å². The molecule has 1 fully saturated rings. The van der Waals surface area contributed by atoms with Crippen molar-refractivity contribution in [3.05, 3.63) is 0 Å². The number of rotatable bonds is 9. The average molecular weight is 378 g/mol. The maximum atomic E-state index is 11.4. The zero-order chi connectivity index (χ0) is 17.3. The van der Waals surface area contributed by atoms with E-state index >= 15 is 0 Å². The van der Waals surface area contributed by atoms with E-state index in [1.807, 2.05) is 0 Å². The van der Waals surface area contributed by atoms with Crippen LogP contribution in [0.25, 0.3) is 0 Å². The van der Waals surface area contributed by atoms with Crippen LogP contribution in [0.4, 0.5) is 4.79 Å². The Morgan fingerprint density at radius 3 is 2.58 bits per heavy atom. The van der Waals surface area contributed by atoms with Gasteiger partial charge in [-0.3, -0.25) is 0 Å². The smallest absolute Gasteiger partial charge is 0.748 e. The molecule has 1 heterocycles. The molecule has 136 valence electrons. The second kappa shape index (κ2) is 12.4. The van der Waals surface area contributed by atoms with Crippen molar-refractivity contribution in [1.82, 2.24) is 10.6 Å². The van der Waals surface area contributed by atoms with Crippen molar-refractivity contribution in [3.8, 4) is 0 Å². The van der Waals surface area contributed by atoms with Crippen LogP contribution in [0.5, 0.6) is 0 Å². The summed E-state index contributed by atoms with van der Waals surface area (Å²) in [5, 5.41) is 23.5. The summed E-state index contributed by atoms with van der Waals surface area (Å²) < 4.78 is 41.8. The van der Waals surface area contributed by atoms with Crippen LogP contribution < -0.4 is 40.2 Å². The molecule has 1 saturated heterocycles. The zero-order valence-electron chi connectivity index (χ0n) is 13.6. The molecule has 0 saturated carbocycles. The van der Waals surface area contributed by atoms with Gasteiger partial charge >= 0.3 is 35.6 Å². The van der Waals surface area contributed by atoms with Crippen LogP contribution in [-0.4, -0.2) is 79.8 Å². The maximum absolute atomic E-state index is 11.4. The zero-order valence-corrected chi connectivity index (χ0v) is 16.5. The van der Waals surface area contributed by atoms with Crippen LogP contribution in [0.15, 0.2) is 0 Å². The summed E-state index contributed by atoms with van der Waals surface area (Å²) in [6, 6.07) is -0.505. The molecule has 3 unspecified atom stereocenters. The van der Waals surface area contributed by atoms with Gasteiger partial charge in [-0.2, -0.15) is 0 Å². The van der Waals surface area contributed by atoms with E-state index in [0.717, 1.165) is 0 Å².